The second kappa shape index (κ2) is 8.98. The van der Waals surface area contributed by atoms with Crippen molar-refractivity contribution in [2.45, 2.75) is 56.9 Å². The fourth-order valence-electron chi connectivity index (χ4n) is 5.79. The number of hydrogen-bond donors (Lipinski definition) is 1. The van der Waals surface area contributed by atoms with Crippen LogP contribution >= 0.6 is 0 Å². The van der Waals surface area contributed by atoms with Crippen LogP contribution < -0.4 is 15.0 Å². The maximum Gasteiger partial charge on any atom is 0.119 e. The molecule has 2 aliphatic carbocycles. The maximum atomic E-state index is 6.21. The van der Waals surface area contributed by atoms with Gasteiger partial charge in [0, 0.05) is 31.4 Å². The first-order chi connectivity index (χ1) is 15.2. The van der Waals surface area contributed by atoms with E-state index in [1.54, 1.807) is 0 Å². The molecule has 1 N–H and O–H groups in total. The van der Waals surface area contributed by atoms with Gasteiger partial charge in [-0.2, -0.15) is 0 Å². The number of nitrogens with one attached hydrogen (secondary N) is 1. The van der Waals surface area contributed by atoms with Crippen LogP contribution in [0.1, 0.15) is 68.0 Å². The largest absolute Gasteiger partial charge is 0.494 e. The average molecular weight is 417 g/mol. The molecular formula is C28H36N2O. The Labute approximate surface area is 187 Å². The molecule has 5 rings (SSSR count). The third-order valence-electron chi connectivity index (χ3n) is 7.62. The molecule has 0 saturated heterocycles. The van der Waals surface area contributed by atoms with Gasteiger partial charge in [0.05, 0.1) is 12.6 Å². The van der Waals surface area contributed by atoms with Crippen LogP contribution in [0.15, 0.2) is 54.6 Å². The lowest BCUT2D eigenvalue weighted by Gasteiger charge is -2.37. The summed E-state index contributed by atoms with van der Waals surface area (Å²) < 4.78 is 6.21. The number of rotatable bonds is 6. The Morgan fingerprint density at radius 2 is 1.81 bits per heavy atom. The van der Waals surface area contributed by atoms with Crippen LogP contribution in [0.25, 0.3) is 0 Å². The number of hydrogen-bond acceptors (Lipinski definition) is 3. The topological polar surface area (TPSA) is 24.5 Å². The summed E-state index contributed by atoms with van der Waals surface area (Å²) in [4.78, 5) is 2.16. The maximum absolute atomic E-state index is 6.21. The van der Waals surface area contributed by atoms with Gasteiger partial charge < -0.3 is 15.0 Å². The van der Waals surface area contributed by atoms with Gasteiger partial charge in [0.1, 0.15) is 5.75 Å². The Balaban J connectivity index is 1.30. The average Bonchev–Trinajstić information content (AvgIpc) is 3.30. The molecule has 0 bridgehead atoms. The SMILES string of the molecule is CN(C)c1ccc(C2Nc3ccc(OCCC4CCCCC4)cc3C3C=CCC32)cc1. The van der Waals surface area contributed by atoms with Crippen LogP contribution in [0.4, 0.5) is 11.4 Å². The van der Waals surface area contributed by atoms with E-state index in [9.17, 15) is 0 Å². The molecule has 164 valence electrons. The van der Waals surface area contributed by atoms with Crippen molar-refractivity contribution in [3.05, 3.63) is 65.7 Å². The van der Waals surface area contributed by atoms with Crippen molar-refractivity contribution in [2.24, 2.45) is 11.8 Å². The highest BCUT2D eigenvalue weighted by molar-refractivity contribution is 5.62. The van der Waals surface area contributed by atoms with Crippen molar-refractivity contribution >= 4 is 11.4 Å². The van der Waals surface area contributed by atoms with E-state index in [1.807, 2.05) is 0 Å². The number of nitrogens with zero attached hydrogens (tertiary/aromatic N) is 1. The molecule has 1 fully saturated rings. The van der Waals surface area contributed by atoms with Crippen molar-refractivity contribution in [3.63, 3.8) is 0 Å². The summed E-state index contributed by atoms with van der Waals surface area (Å²) in [7, 11) is 4.19. The number of allylic oxidation sites excluding steroid dienone is 2. The van der Waals surface area contributed by atoms with Gasteiger partial charge in [-0.05, 0) is 66.1 Å². The van der Waals surface area contributed by atoms with E-state index in [2.05, 4.69) is 78.9 Å². The molecule has 0 spiro atoms. The summed E-state index contributed by atoms with van der Waals surface area (Å²) in [6, 6.07) is 16.1. The standard InChI is InChI=1S/C28H36N2O/c1-30(2)22-13-11-21(12-14-22)28-25-10-6-9-24(25)26-19-23(15-16-27(26)29-28)31-18-17-20-7-4-3-5-8-20/h6,9,11-16,19-20,24-25,28-29H,3-5,7-8,10,17-18H2,1-2H3. The van der Waals surface area contributed by atoms with Gasteiger partial charge in [-0.1, -0.05) is 56.4 Å². The number of anilines is 2. The second-order valence-corrected chi connectivity index (χ2v) is 9.85. The van der Waals surface area contributed by atoms with E-state index < -0.39 is 0 Å². The molecule has 2 aromatic carbocycles. The van der Waals surface area contributed by atoms with E-state index >= 15 is 0 Å². The minimum Gasteiger partial charge on any atom is -0.494 e. The molecule has 31 heavy (non-hydrogen) atoms. The molecular weight excluding hydrogens is 380 g/mol. The van der Waals surface area contributed by atoms with E-state index in [-0.39, 0.29) is 0 Å². The van der Waals surface area contributed by atoms with Gasteiger partial charge in [-0.3, -0.25) is 0 Å². The highest BCUT2D eigenvalue weighted by Crippen LogP contribution is 2.50. The normalized spacial score (nSPS) is 24.9. The first kappa shape index (κ1) is 20.5. The van der Waals surface area contributed by atoms with E-state index in [0.29, 0.717) is 17.9 Å². The Bertz CT molecular complexity index is 911. The molecule has 1 saturated carbocycles. The zero-order chi connectivity index (χ0) is 21.2. The predicted octanol–water partition coefficient (Wildman–Crippen LogP) is 6.93. The molecule has 0 radical (unpaired) electrons. The highest BCUT2D eigenvalue weighted by Gasteiger charge is 2.38. The summed E-state index contributed by atoms with van der Waals surface area (Å²) in [5.74, 6) is 2.94. The Kier molecular flexibility index (Phi) is 5.93. The van der Waals surface area contributed by atoms with Gasteiger partial charge >= 0.3 is 0 Å². The summed E-state index contributed by atoms with van der Waals surface area (Å²) >= 11 is 0. The predicted molar refractivity (Wildman–Crippen MR) is 130 cm³/mol. The smallest absolute Gasteiger partial charge is 0.119 e. The Morgan fingerprint density at radius 3 is 2.58 bits per heavy atom. The summed E-state index contributed by atoms with van der Waals surface area (Å²) in [5.41, 5.74) is 5.28. The van der Waals surface area contributed by atoms with Crippen LogP contribution in [0.2, 0.25) is 0 Å². The fraction of sp³-hybridized carbons (Fsp3) is 0.500. The van der Waals surface area contributed by atoms with Crippen molar-refractivity contribution < 1.29 is 4.74 Å². The van der Waals surface area contributed by atoms with E-state index in [0.717, 1.165) is 24.7 Å². The fourth-order valence-corrected chi connectivity index (χ4v) is 5.79. The van der Waals surface area contributed by atoms with Crippen molar-refractivity contribution in [1.29, 1.82) is 0 Å². The zero-order valence-corrected chi connectivity index (χ0v) is 19.0. The molecule has 1 heterocycles. The lowest BCUT2D eigenvalue weighted by atomic mass is 9.77. The van der Waals surface area contributed by atoms with Crippen LogP contribution in [0.5, 0.6) is 5.75 Å². The number of fused-ring (bicyclic) bond motifs is 3. The monoisotopic (exact) mass is 416 g/mol. The van der Waals surface area contributed by atoms with E-state index in [4.69, 9.17) is 4.74 Å². The van der Waals surface area contributed by atoms with Gasteiger partial charge in [-0.15, -0.1) is 0 Å². The Hall–Kier alpha value is -2.42. The van der Waals surface area contributed by atoms with Crippen molar-refractivity contribution in [3.8, 4) is 5.75 Å². The lowest BCUT2D eigenvalue weighted by Crippen LogP contribution is -2.29. The molecule has 3 nitrogen and oxygen atoms in total. The molecule has 2 aromatic rings. The van der Waals surface area contributed by atoms with Crippen LogP contribution in [-0.2, 0) is 0 Å². The first-order valence-electron chi connectivity index (χ1n) is 12.2. The summed E-state index contributed by atoms with van der Waals surface area (Å²) in [6.07, 6.45) is 14.1. The molecule has 0 amide bonds. The second-order valence-electron chi connectivity index (χ2n) is 9.85. The molecule has 3 atom stereocenters. The minimum atomic E-state index is 0.349. The summed E-state index contributed by atoms with van der Waals surface area (Å²) in [5, 5.41) is 3.86. The zero-order valence-electron chi connectivity index (χ0n) is 19.0. The van der Waals surface area contributed by atoms with E-state index in [1.165, 1.54) is 61.0 Å². The van der Waals surface area contributed by atoms with Crippen molar-refractivity contribution in [2.75, 3.05) is 30.9 Å². The third kappa shape index (κ3) is 4.33. The number of ether oxygens (including phenoxy) is 1. The highest BCUT2D eigenvalue weighted by atomic mass is 16.5. The number of benzene rings is 2. The van der Waals surface area contributed by atoms with Gasteiger partial charge in [0.25, 0.3) is 0 Å². The van der Waals surface area contributed by atoms with Crippen LogP contribution in [0, 0.1) is 11.8 Å². The molecule has 1 aliphatic heterocycles. The molecule has 0 aromatic heterocycles. The lowest BCUT2D eigenvalue weighted by molar-refractivity contribution is 0.246. The van der Waals surface area contributed by atoms with Gasteiger partial charge in [0.2, 0.25) is 0 Å². The molecule has 3 unspecified atom stereocenters. The van der Waals surface area contributed by atoms with Crippen LogP contribution in [-0.4, -0.2) is 20.7 Å². The Morgan fingerprint density at radius 1 is 1.00 bits per heavy atom. The van der Waals surface area contributed by atoms with Gasteiger partial charge in [0.15, 0.2) is 0 Å². The quantitative estimate of drug-likeness (QED) is 0.517. The van der Waals surface area contributed by atoms with Crippen molar-refractivity contribution in [1.82, 2.24) is 0 Å². The minimum absolute atomic E-state index is 0.349. The molecule has 3 aliphatic rings. The third-order valence-corrected chi connectivity index (χ3v) is 7.62. The summed E-state index contributed by atoms with van der Waals surface area (Å²) in [6.45, 7) is 0.849. The molecule has 3 heteroatoms. The van der Waals surface area contributed by atoms with Crippen LogP contribution in [0.3, 0.4) is 0 Å². The van der Waals surface area contributed by atoms with Gasteiger partial charge in [-0.25, -0.2) is 0 Å². The first-order valence-corrected chi connectivity index (χ1v) is 12.2.